The van der Waals surface area contributed by atoms with Gasteiger partial charge in [0, 0.05) is 0 Å². The SMILES string of the molecule is Cc1cc(C)cc(O[C@H](C)C(=O)N[C@@H](C)c2ccc3c(c2)CCC3)c1. The van der Waals surface area contributed by atoms with Crippen LogP contribution in [0.4, 0.5) is 0 Å². The van der Waals surface area contributed by atoms with Gasteiger partial charge >= 0.3 is 0 Å². The molecule has 1 N–H and O–H groups in total. The van der Waals surface area contributed by atoms with Gasteiger partial charge in [-0.2, -0.15) is 0 Å². The standard InChI is InChI=1S/C22H27NO2/c1-14-10-15(2)12-21(11-14)25-17(4)22(24)23-16(3)19-9-8-18-6-5-7-20(18)13-19/h8-13,16-17H,5-7H2,1-4H3,(H,23,24)/t16-,17+/m0/s1. The van der Waals surface area contributed by atoms with Crippen molar-refractivity contribution in [1.82, 2.24) is 5.32 Å². The molecule has 0 spiro atoms. The summed E-state index contributed by atoms with van der Waals surface area (Å²) < 4.78 is 5.84. The highest BCUT2D eigenvalue weighted by molar-refractivity contribution is 5.81. The third-order valence-corrected chi connectivity index (χ3v) is 4.86. The molecule has 2 atom stereocenters. The van der Waals surface area contributed by atoms with Crippen molar-refractivity contribution in [3.05, 3.63) is 64.2 Å². The van der Waals surface area contributed by atoms with Crippen LogP contribution in [0.5, 0.6) is 5.75 Å². The zero-order valence-corrected chi connectivity index (χ0v) is 15.6. The number of nitrogens with one attached hydrogen (secondary N) is 1. The van der Waals surface area contributed by atoms with E-state index in [1.165, 1.54) is 24.0 Å². The lowest BCUT2D eigenvalue weighted by molar-refractivity contribution is -0.127. The van der Waals surface area contributed by atoms with Crippen LogP contribution in [0.2, 0.25) is 0 Å². The molecule has 0 unspecified atom stereocenters. The van der Waals surface area contributed by atoms with E-state index in [4.69, 9.17) is 4.74 Å². The van der Waals surface area contributed by atoms with Gasteiger partial charge in [-0.05, 0) is 86.9 Å². The average Bonchev–Trinajstić information content (AvgIpc) is 3.01. The quantitative estimate of drug-likeness (QED) is 0.876. The van der Waals surface area contributed by atoms with E-state index < -0.39 is 6.10 Å². The first-order valence-electron chi connectivity index (χ1n) is 9.09. The zero-order valence-electron chi connectivity index (χ0n) is 15.6. The molecule has 1 aliphatic rings. The fourth-order valence-electron chi connectivity index (χ4n) is 3.53. The molecule has 1 amide bonds. The summed E-state index contributed by atoms with van der Waals surface area (Å²) in [5.74, 6) is 0.650. The molecular weight excluding hydrogens is 310 g/mol. The van der Waals surface area contributed by atoms with Gasteiger partial charge in [0.2, 0.25) is 0 Å². The number of carbonyl (C=O) groups is 1. The van der Waals surface area contributed by atoms with Crippen molar-refractivity contribution < 1.29 is 9.53 Å². The molecule has 0 bridgehead atoms. The van der Waals surface area contributed by atoms with Gasteiger partial charge in [0.15, 0.2) is 6.10 Å². The van der Waals surface area contributed by atoms with Gasteiger partial charge in [-0.3, -0.25) is 4.79 Å². The van der Waals surface area contributed by atoms with E-state index in [1.54, 1.807) is 6.92 Å². The van der Waals surface area contributed by atoms with Crippen LogP contribution in [-0.4, -0.2) is 12.0 Å². The molecule has 2 aromatic rings. The monoisotopic (exact) mass is 337 g/mol. The highest BCUT2D eigenvalue weighted by Crippen LogP contribution is 2.25. The Kier molecular flexibility index (Phi) is 5.12. The number of aryl methyl sites for hydroxylation is 4. The van der Waals surface area contributed by atoms with Crippen LogP contribution in [0.15, 0.2) is 36.4 Å². The minimum Gasteiger partial charge on any atom is -0.481 e. The molecular formula is C22H27NO2. The number of carbonyl (C=O) groups excluding carboxylic acids is 1. The Morgan fingerprint density at radius 2 is 1.68 bits per heavy atom. The summed E-state index contributed by atoms with van der Waals surface area (Å²) in [5, 5.41) is 3.07. The van der Waals surface area contributed by atoms with Gasteiger partial charge in [-0.1, -0.05) is 24.3 Å². The van der Waals surface area contributed by atoms with Crippen LogP contribution < -0.4 is 10.1 Å². The average molecular weight is 337 g/mol. The molecule has 0 aromatic heterocycles. The maximum Gasteiger partial charge on any atom is 0.261 e. The van der Waals surface area contributed by atoms with Crippen molar-refractivity contribution >= 4 is 5.91 Å². The second-order valence-corrected chi connectivity index (χ2v) is 7.20. The topological polar surface area (TPSA) is 38.3 Å². The molecule has 132 valence electrons. The fraction of sp³-hybridized carbons (Fsp3) is 0.409. The lowest BCUT2D eigenvalue weighted by Crippen LogP contribution is -2.37. The Hall–Kier alpha value is -2.29. The van der Waals surface area contributed by atoms with Gasteiger partial charge in [0.25, 0.3) is 5.91 Å². The normalized spacial score (nSPS) is 15.4. The Balaban J connectivity index is 1.62. The van der Waals surface area contributed by atoms with Crippen LogP contribution in [-0.2, 0) is 17.6 Å². The summed E-state index contributed by atoms with van der Waals surface area (Å²) in [6.45, 7) is 7.88. The van der Waals surface area contributed by atoms with Crippen molar-refractivity contribution in [2.24, 2.45) is 0 Å². The zero-order chi connectivity index (χ0) is 18.0. The molecule has 0 saturated heterocycles. The van der Waals surface area contributed by atoms with Gasteiger partial charge in [-0.25, -0.2) is 0 Å². The first kappa shape index (κ1) is 17.5. The maximum atomic E-state index is 12.5. The summed E-state index contributed by atoms with van der Waals surface area (Å²) in [7, 11) is 0. The van der Waals surface area contributed by atoms with E-state index in [0.29, 0.717) is 0 Å². The number of amides is 1. The number of ether oxygens (including phenoxy) is 1. The predicted octanol–water partition coefficient (Wildman–Crippen LogP) is 4.44. The summed E-state index contributed by atoms with van der Waals surface area (Å²) in [6, 6.07) is 12.6. The van der Waals surface area contributed by atoms with E-state index in [1.807, 2.05) is 32.9 Å². The lowest BCUT2D eigenvalue weighted by Gasteiger charge is -2.20. The van der Waals surface area contributed by atoms with Crippen molar-refractivity contribution in [3.63, 3.8) is 0 Å². The van der Waals surface area contributed by atoms with Crippen molar-refractivity contribution in [3.8, 4) is 5.75 Å². The largest absolute Gasteiger partial charge is 0.481 e. The molecule has 0 saturated carbocycles. The van der Waals surface area contributed by atoms with Crippen LogP contribution in [0.3, 0.4) is 0 Å². The highest BCUT2D eigenvalue weighted by Gasteiger charge is 2.19. The third kappa shape index (κ3) is 4.22. The van der Waals surface area contributed by atoms with E-state index >= 15 is 0 Å². The Bertz CT molecular complexity index is 761. The number of hydrogen-bond acceptors (Lipinski definition) is 2. The molecule has 0 radical (unpaired) electrons. The number of fused-ring (bicyclic) bond motifs is 1. The fourth-order valence-corrected chi connectivity index (χ4v) is 3.53. The maximum absolute atomic E-state index is 12.5. The second kappa shape index (κ2) is 7.30. The Morgan fingerprint density at radius 3 is 2.40 bits per heavy atom. The molecule has 2 aromatic carbocycles. The molecule has 0 aliphatic heterocycles. The van der Waals surface area contributed by atoms with Crippen molar-refractivity contribution in [2.45, 2.75) is 59.1 Å². The Morgan fingerprint density at radius 1 is 1.00 bits per heavy atom. The molecule has 3 rings (SSSR count). The van der Waals surface area contributed by atoms with Crippen LogP contribution in [0.1, 0.15) is 54.1 Å². The molecule has 0 fully saturated rings. The third-order valence-electron chi connectivity index (χ3n) is 4.86. The first-order chi connectivity index (χ1) is 11.9. The second-order valence-electron chi connectivity index (χ2n) is 7.20. The predicted molar refractivity (Wildman–Crippen MR) is 101 cm³/mol. The Labute approximate surface area is 150 Å². The summed E-state index contributed by atoms with van der Waals surface area (Å²) in [4.78, 5) is 12.5. The molecule has 25 heavy (non-hydrogen) atoms. The summed E-state index contributed by atoms with van der Waals surface area (Å²) >= 11 is 0. The van der Waals surface area contributed by atoms with E-state index in [0.717, 1.165) is 28.9 Å². The van der Waals surface area contributed by atoms with Crippen molar-refractivity contribution in [1.29, 1.82) is 0 Å². The van der Waals surface area contributed by atoms with Crippen LogP contribution in [0, 0.1) is 13.8 Å². The molecule has 3 nitrogen and oxygen atoms in total. The minimum atomic E-state index is -0.530. The van der Waals surface area contributed by atoms with Gasteiger partial charge in [0.1, 0.15) is 5.75 Å². The van der Waals surface area contributed by atoms with Gasteiger partial charge in [-0.15, -0.1) is 0 Å². The summed E-state index contributed by atoms with van der Waals surface area (Å²) in [6.07, 6.45) is 3.03. The minimum absolute atomic E-state index is 0.0244. The van der Waals surface area contributed by atoms with E-state index in [9.17, 15) is 4.79 Å². The molecule has 0 heterocycles. The number of benzene rings is 2. The lowest BCUT2D eigenvalue weighted by atomic mass is 10.0. The highest BCUT2D eigenvalue weighted by atomic mass is 16.5. The first-order valence-corrected chi connectivity index (χ1v) is 9.09. The van der Waals surface area contributed by atoms with E-state index in [-0.39, 0.29) is 11.9 Å². The molecule has 3 heteroatoms. The molecule has 1 aliphatic carbocycles. The van der Waals surface area contributed by atoms with E-state index in [2.05, 4.69) is 29.6 Å². The van der Waals surface area contributed by atoms with Crippen molar-refractivity contribution in [2.75, 3.05) is 0 Å². The smallest absolute Gasteiger partial charge is 0.261 e. The van der Waals surface area contributed by atoms with Crippen LogP contribution >= 0.6 is 0 Å². The number of rotatable bonds is 5. The summed E-state index contributed by atoms with van der Waals surface area (Å²) in [5.41, 5.74) is 6.31. The number of hydrogen-bond donors (Lipinski definition) is 1. The van der Waals surface area contributed by atoms with Gasteiger partial charge in [0.05, 0.1) is 6.04 Å². The van der Waals surface area contributed by atoms with Crippen LogP contribution in [0.25, 0.3) is 0 Å². The van der Waals surface area contributed by atoms with Gasteiger partial charge < -0.3 is 10.1 Å².